The summed E-state index contributed by atoms with van der Waals surface area (Å²) in [6.07, 6.45) is 1.15. The molecule has 0 aliphatic carbocycles. The minimum absolute atomic E-state index is 0. The van der Waals surface area contributed by atoms with Gasteiger partial charge in [-0.2, -0.15) is 0 Å². The van der Waals surface area contributed by atoms with Crippen LogP contribution in [-0.2, 0) is 6.42 Å². The van der Waals surface area contributed by atoms with Gasteiger partial charge in [0, 0.05) is 6.54 Å². The highest BCUT2D eigenvalue weighted by Gasteiger charge is 2.15. The van der Waals surface area contributed by atoms with Crippen LogP contribution in [0.2, 0.25) is 0 Å². The highest BCUT2D eigenvalue weighted by molar-refractivity contribution is 5.85. The SMILES string of the molecule is C[C@@H]1CNCCc2cc(O[C@H](C)c3ccccc3)ccc21.Cl. The molecule has 3 heteroatoms. The van der Waals surface area contributed by atoms with Gasteiger partial charge < -0.3 is 10.1 Å². The number of benzene rings is 2. The average Bonchev–Trinajstić information content (AvgIpc) is 2.70. The second kappa shape index (κ2) is 7.66. The third kappa shape index (κ3) is 3.82. The zero-order valence-corrected chi connectivity index (χ0v) is 14.0. The van der Waals surface area contributed by atoms with E-state index in [1.54, 1.807) is 0 Å². The topological polar surface area (TPSA) is 21.3 Å². The molecule has 0 bridgehead atoms. The fourth-order valence-electron chi connectivity index (χ4n) is 3.00. The zero-order valence-electron chi connectivity index (χ0n) is 13.2. The van der Waals surface area contributed by atoms with Crippen molar-refractivity contribution >= 4 is 12.4 Å². The van der Waals surface area contributed by atoms with Crippen molar-refractivity contribution in [1.29, 1.82) is 0 Å². The Kier molecular flexibility index (Phi) is 5.87. The average molecular weight is 318 g/mol. The second-order valence-electron chi connectivity index (χ2n) is 5.89. The number of rotatable bonds is 3. The monoisotopic (exact) mass is 317 g/mol. The second-order valence-corrected chi connectivity index (χ2v) is 5.89. The van der Waals surface area contributed by atoms with E-state index in [0.29, 0.717) is 5.92 Å². The van der Waals surface area contributed by atoms with Gasteiger partial charge in [-0.05, 0) is 54.6 Å². The van der Waals surface area contributed by atoms with Crippen LogP contribution in [0, 0.1) is 0 Å². The summed E-state index contributed by atoms with van der Waals surface area (Å²) in [7, 11) is 0. The standard InChI is InChI=1S/C19H23NO.ClH/c1-14-13-20-11-10-17-12-18(8-9-19(14)17)21-15(2)16-6-4-3-5-7-16;/h3-9,12,14-15,20H,10-11,13H2,1-2H3;1H/t14-,15-;/m1./s1. The molecule has 1 aliphatic heterocycles. The van der Waals surface area contributed by atoms with Crippen molar-refractivity contribution in [2.24, 2.45) is 0 Å². The molecule has 2 aromatic rings. The van der Waals surface area contributed by atoms with Crippen molar-refractivity contribution in [1.82, 2.24) is 5.32 Å². The first kappa shape index (κ1) is 16.9. The lowest BCUT2D eigenvalue weighted by atomic mass is 9.95. The largest absolute Gasteiger partial charge is 0.486 e. The van der Waals surface area contributed by atoms with Crippen LogP contribution in [0.4, 0.5) is 0 Å². The summed E-state index contributed by atoms with van der Waals surface area (Å²) in [5.74, 6) is 1.54. The van der Waals surface area contributed by atoms with E-state index >= 15 is 0 Å². The smallest absolute Gasteiger partial charge is 0.121 e. The predicted molar refractivity (Wildman–Crippen MR) is 94.2 cm³/mol. The van der Waals surface area contributed by atoms with Crippen molar-refractivity contribution in [3.8, 4) is 5.75 Å². The van der Waals surface area contributed by atoms with E-state index < -0.39 is 0 Å². The van der Waals surface area contributed by atoms with E-state index in [9.17, 15) is 0 Å². The molecular weight excluding hydrogens is 294 g/mol. The molecule has 0 unspecified atom stereocenters. The third-order valence-corrected chi connectivity index (χ3v) is 4.25. The van der Waals surface area contributed by atoms with Gasteiger partial charge in [0.2, 0.25) is 0 Å². The Morgan fingerprint density at radius 2 is 1.91 bits per heavy atom. The highest BCUT2D eigenvalue weighted by Crippen LogP contribution is 2.28. The number of ether oxygens (including phenoxy) is 1. The highest BCUT2D eigenvalue weighted by atomic mass is 35.5. The third-order valence-electron chi connectivity index (χ3n) is 4.25. The molecule has 0 spiro atoms. The van der Waals surface area contributed by atoms with Gasteiger partial charge in [0.25, 0.3) is 0 Å². The normalized spacial score (nSPS) is 18.5. The summed E-state index contributed by atoms with van der Waals surface area (Å²) in [6.45, 7) is 6.50. The van der Waals surface area contributed by atoms with Crippen molar-refractivity contribution in [2.75, 3.05) is 13.1 Å². The summed E-state index contributed by atoms with van der Waals surface area (Å²) < 4.78 is 6.12. The van der Waals surface area contributed by atoms with Gasteiger partial charge in [0.1, 0.15) is 11.9 Å². The molecule has 0 saturated heterocycles. The maximum absolute atomic E-state index is 6.12. The summed E-state index contributed by atoms with van der Waals surface area (Å²) in [4.78, 5) is 0. The minimum Gasteiger partial charge on any atom is -0.486 e. The van der Waals surface area contributed by atoms with Gasteiger partial charge in [-0.1, -0.05) is 43.3 Å². The lowest BCUT2D eigenvalue weighted by Crippen LogP contribution is -2.18. The van der Waals surface area contributed by atoms with E-state index in [2.05, 4.69) is 61.6 Å². The van der Waals surface area contributed by atoms with Gasteiger partial charge >= 0.3 is 0 Å². The number of halogens is 1. The lowest BCUT2D eigenvalue weighted by Gasteiger charge is -2.18. The molecule has 2 aromatic carbocycles. The Bertz CT molecular complexity index is 600. The Balaban J connectivity index is 0.00000176. The fraction of sp³-hybridized carbons (Fsp3) is 0.368. The van der Waals surface area contributed by atoms with Crippen LogP contribution in [-0.4, -0.2) is 13.1 Å². The molecule has 22 heavy (non-hydrogen) atoms. The number of nitrogens with one attached hydrogen (secondary N) is 1. The first-order valence-electron chi connectivity index (χ1n) is 7.79. The first-order valence-corrected chi connectivity index (χ1v) is 7.79. The van der Waals surface area contributed by atoms with Gasteiger partial charge in [0.05, 0.1) is 0 Å². The maximum Gasteiger partial charge on any atom is 0.121 e. The van der Waals surface area contributed by atoms with E-state index in [4.69, 9.17) is 4.74 Å². The predicted octanol–water partition coefficient (Wildman–Crippen LogP) is 4.50. The number of hydrogen-bond donors (Lipinski definition) is 1. The van der Waals surface area contributed by atoms with Crippen LogP contribution in [0.1, 0.15) is 42.6 Å². The van der Waals surface area contributed by atoms with Crippen LogP contribution >= 0.6 is 12.4 Å². The summed E-state index contributed by atoms with van der Waals surface area (Å²) >= 11 is 0. The molecule has 0 fully saturated rings. The van der Waals surface area contributed by atoms with E-state index in [0.717, 1.165) is 25.3 Å². The summed E-state index contributed by atoms with van der Waals surface area (Å²) in [6, 6.07) is 16.9. The maximum atomic E-state index is 6.12. The fourth-order valence-corrected chi connectivity index (χ4v) is 3.00. The Hall–Kier alpha value is -1.51. The van der Waals surface area contributed by atoms with Crippen LogP contribution in [0.15, 0.2) is 48.5 Å². The van der Waals surface area contributed by atoms with Gasteiger partial charge in [-0.3, -0.25) is 0 Å². The van der Waals surface area contributed by atoms with Crippen LogP contribution in [0.3, 0.4) is 0 Å². The molecule has 0 amide bonds. The van der Waals surface area contributed by atoms with E-state index in [1.165, 1.54) is 16.7 Å². The summed E-state index contributed by atoms with van der Waals surface area (Å²) in [5.41, 5.74) is 4.09. The van der Waals surface area contributed by atoms with E-state index in [-0.39, 0.29) is 18.5 Å². The Labute approximate surface area is 139 Å². The molecule has 3 rings (SSSR count). The minimum atomic E-state index is 0. The molecule has 118 valence electrons. The molecule has 0 saturated carbocycles. The first-order chi connectivity index (χ1) is 10.2. The van der Waals surface area contributed by atoms with Crippen molar-refractivity contribution < 1.29 is 4.74 Å². The molecule has 1 heterocycles. The molecular formula is C19H24ClNO. The molecule has 1 N–H and O–H groups in total. The number of fused-ring (bicyclic) bond motifs is 1. The number of hydrogen-bond acceptors (Lipinski definition) is 2. The van der Waals surface area contributed by atoms with Crippen molar-refractivity contribution in [3.63, 3.8) is 0 Å². The van der Waals surface area contributed by atoms with Gasteiger partial charge in [0.15, 0.2) is 0 Å². The Morgan fingerprint density at radius 3 is 2.68 bits per heavy atom. The molecule has 0 aromatic heterocycles. The zero-order chi connectivity index (χ0) is 14.7. The molecule has 1 aliphatic rings. The van der Waals surface area contributed by atoms with Gasteiger partial charge in [-0.25, -0.2) is 0 Å². The summed E-state index contributed by atoms with van der Waals surface area (Å²) in [5, 5.41) is 3.49. The van der Waals surface area contributed by atoms with Crippen molar-refractivity contribution in [3.05, 3.63) is 65.2 Å². The van der Waals surface area contributed by atoms with Crippen LogP contribution in [0.5, 0.6) is 5.75 Å². The Morgan fingerprint density at radius 1 is 1.14 bits per heavy atom. The van der Waals surface area contributed by atoms with Crippen molar-refractivity contribution in [2.45, 2.75) is 32.3 Å². The van der Waals surface area contributed by atoms with E-state index in [1.807, 2.05) is 6.07 Å². The molecule has 0 radical (unpaired) electrons. The quantitative estimate of drug-likeness (QED) is 0.900. The van der Waals surface area contributed by atoms with Crippen LogP contribution < -0.4 is 10.1 Å². The van der Waals surface area contributed by atoms with Crippen LogP contribution in [0.25, 0.3) is 0 Å². The molecule has 2 atom stereocenters. The lowest BCUT2D eigenvalue weighted by molar-refractivity contribution is 0.226. The van der Waals surface area contributed by atoms with Gasteiger partial charge in [-0.15, -0.1) is 12.4 Å². The molecule has 2 nitrogen and oxygen atoms in total.